The van der Waals surface area contributed by atoms with Crippen LogP contribution in [0, 0.1) is 12.8 Å². The van der Waals surface area contributed by atoms with Crippen LogP contribution in [0.1, 0.15) is 37.4 Å². The molecule has 1 spiro atoms. The summed E-state index contributed by atoms with van der Waals surface area (Å²) >= 11 is 6.17. The number of hydrogen-bond acceptors (Lipinski definition) is 4. The average molecular weight is 545 g/mol. The zero-order valence-corrected chi connectivity index (χ0v) is 22.4. The van der Waals surface area contributed by atoms with Gasteiger partial charge in [0.25, 0.3) is 0 Å². The van der Waals surface area contributed by atoms with Crippen molar-refractivity contribution in [1.29, 1.82) is 0 Å². The summed E-state index contributed by atoms with van der Waals surface area (Å²) in [6.07, 6.45) is 4.00. The summed E-state index contributed by atoms with van der Waals surface area (Å²) in [7, 11) is 0. The molecule has 4 atom stereocenters. The number of nitrogens with zero attached hydrogens (tertiary/aromatic N) is 1. The molecular weight excluding hydrogens is 520 g/mol. The van der Waals surface area contributed by atoms with E-state index in [0.29, 0.717) is 21.8 Å². The lowest BCUT2D eigenvalue weighted by Crippen LogP contribution is -2.51. The fourth-order valence-electron chi connectivity index (χ4n) is 6.87. The Hall–Kier alpha value is -4.48. The molecule has 0 aromatic heterocycles. The number of anilines is 2. The Morgan fingerprint density at radius 1 is 0.850 bits per heavy atom. The van der Waals surface area contributed by atoms with Gasteiger partial charge in [-0.3, -0.25) is 14.4 Å². The van der Waals surface area contributed by atoms with E-state index in [1.807, 2.05) is 78.6 Å². The molecule has 0 unspecified atom stereocenters. The van der Waals surface area contributed by atoms with Crippen molar-refractivity contribution in [1.82, 2.24) is 0 Å². The first-order valence-electron chi connectivity index (χ1n) is 13.3. The van der Waals surface area contributed by atoms with Crippen molar-refractivity contribution in [3.63, 3.8) is 0 Å². The predicted molar refractivity (Wildman–Crippen MR) is 157 cm³/mol. The van der Waals surface area contributed by atoms with Crippen LogP contribution in [0.4, 0.5) is 11.4 Å². The number of amides is 1. The molecule has 4 aromatic rings. The Morgan fingerprint density at radius 2 is 1.55 bits per heavy atom. The SMILES string of the molecule is Cc1ccc2c(c1)C=C[C@H]1N2[C@H](C(=O)c2ccccc2)[C@@H](C(=O)c2ccc(Cl)cc2)[C@]12C(=O)Nc1ccccc12. The fraction of sp³-hybridized carbons (Fsp3) is 0.147. The van der Waals surface area contributed by atoms with Crippen LogP contribution in [0.5, 0.6) is 0 Å². The average Bonchev–Trinajstić information content (AvgIpc) is 3.45. The van der Waals surface area contributed by atoms with Gasteiger partial charge in [-0.2, -0.15) is 0 Å². The van der Waals surface area contributed by atoms with Crippen molar-refractivity contribution in [2.45, 2.75) is 24.4 Å². The summed E-state index contributed by atoms with van der Waals surface area (Å²) in [4.78, 5) is 45.6. The molecule has 5 nitrogen and oxygen atoms in total. The van der Waals surface area contributed by atoms with Crippen molar-refractivity contribution in [2.75, 3.05) is 10.2 Å². The van der Waals surface area contributed by atoms with Gasteiger partial charge < -0.3 is 10.2 Å². The lowest BCUT2D eigenvalue weighted by molar-refractivity contribution is -0.121. The Labute approximate surface area is 237 Å². The highest BCUT2D eigenvalue weighted by Gasteiger charge is 2.70. The van der Waals surface area contributed by atoms with E-state index in [-0.39, 0.29) is 17.5 Å². The first-order chi connectivity index (χ1) is 19.4. The summed E-state index contributed by atoms with van der Waals surface area (Å²) in [5, 5.41) is 3.56. The molecule has 0 aliphatic carbocycles. The van der Waals surface area contributed by atoms with Crippen molar-refractivity contribution in [3.8, 4) is 0 Å². The van der Waals surface area contributed by atoms with Gasteiger partial charge in [0.1, 0.15) is 11.5 Å². The second-order valence-corrected chi connectivity index (χ2v) is 11.1. The van der Waals surface area contributed by atoms with Crippen LogP contribution in [0.2, 0.25) is 5.02 Å². The number of nitrogens with one attached hydrogen (secondary N) is 1. The third-order valence-electron chi connectivity index (χ3n) is 8.53. The molecule has 4 aromatic carbocycles. The van der Waals surface area contributed by atoms with Crippen molar-refractivity contribution in [2.24, 2.45) is 5.92 Å². The number of aryl methyl sites for hydroxylation is 1. The highest BCUT2D eigenvalue weighted by molar-refractivity contribution is 6.30. The van der Waals surface area contributed by atoms with Crippen molar-refractivity contribution in [3.05, 3.63) is 136 Å². The number of para-hydroxylation sites is 1. The van der Waals surface area contributed by atoms with Gasteiger partial charge in [-0.15, -0.1) is 0 Å². The molecule has 3 heterocycles. The van der Waals surface area contributed by atoms with E-state index in [4.69, 9.17) is 11.6 Å². The van der Waals surface area contributed by atoms with Gasteiger partial charge in [0, 0.05) is 27.5 Å². The zero-order valence-electron chi connectivity index (χ0n) is 21.7. The maximum absolute atomic E-state index is 14.7. The van der Waals surface area contributed by atoms with Crippen LogP contribution in [-0.4, -0.2) is 29.6 Å². The first-order valence-corrected chi connectivity index (χ1v) is 13.7. The minimum Gasteiger partial charge on any atom is -0.352 e. The van der Waals surface area contributed by atoms with Gasteiger partial charge in [0.05, 0.1) is 12.0 Å². The maximum Gasteiger partial charge on any atom is 0.238 e. The highest BCUT2D eigenvalue weighted by atomic mass is 35.5. The van der Waals surface area contributed by atoms with E-state index in [0.717, 1.165) is 22.4 Å². The quantitative estimate of drug-likeness (QED) is 0.298. The van der Waals surface area contributed by atoms with Crippen molar-refractivity contribution >= 4 is 46.5 Å². The molecule has 3 aliphatic rings. The molecule has 196 valence electrons. The number of fused-ring (bicyclic) bond motifs is 6. The van der Waals surface area contributed by atoms with Crippen LogP contribution in [0.25, 0.3) is 6.08 Å². The van der Waals surface area contributed by atoms with Gasteiger partial charge in [-0.1, -0.05) is 83.9 Å². The van der Waals surface area contributed by atoms with E-state index in [2.05, 4.69) is 11.4 Å². The minimum absolute atomic E-state index is 0.200. The predicted octanol–water partition coefficient (Wildman–Crippen LogP) is 6.50. The van der Waals surface area contributed by atoms with E-state index >= 15 is 0 Å². The smallest absolute Gasteiger partial charge is 0.238 e. The summed E-state index contributed by atoms with van der Waals surface area (Å²) in [5.74, 6) is -1.76. The van der Waals surface area contributed by atoms with E-state index in [1.54, 1.807) is 36.4 Å². The van der Waals surface area contributed by atoms with Crippen molar-refractivity contribution < 1.29 is 14.4 Å². The molecule has 6 heteroatoms. The summed E-state index contributed by atoms with van der Waals surface area (Å²) in [6.45, 7) is 2.02. The topological polar surface area (TPSA) is 66.5 Å². The van der Waals surface area contributed by atoms with Crippen LogP contribution in [0.15, 0.2) is 103 Å². The number of halogens is 1. The molecule has 0 radical (unpaired) electrons. The number of Topliss-reactive ketones (excluding diaryl/α,β-unsaturated/α-hetero) is 2. The number of benzene rings is 4. The number of rotatable bonds is 4. The third-order valence-corrected chi connectivity index (χ3v) is 8.78. The number of carbonyl (C=O) groups is 3. The molecule has 1 saturated heterocycles. The van der Waals surface area contributed by atoms with Crippen LogP contribution in [0.3, 0.4) is 0 Å². The number of carbonyl (C=O) groups excluding carboxylic acids is 3. The molecule has 0 bridgehead atoms. The molecule has 3 aliphatic heterocycles. The minimum atomic E-state index is -1.33. The van der Waals surface area contributed by atoms with Crippen LogP contribution in [-0.2, 0) is 10.2 Å². The van der Waals surface area contributed by atoms with Gasteiger partial charge >= 0.3 is 0 Å². The second kappa shape index (κ2) is 9.04. The largest absolute Gasteiger partial charge is 0.352 e. The monoisotopic (exact) mass is 544 g/mol. The van der Waals surface area contributed by atoms with E-state index in [9.17, 15) is 14.4 Å². The van der Waals surface area contributed by atoms with Gasteiger partial charge in [0.2, 0.25) is 5.91 Å². The van der Waals surface area contributed by atoms with E-state index in [1.165, 1.54) is 0 Å². The summed E-state index contributed by atoms with van der Waals surface area (Å²) < 4.78 is 0. The first kappa shape index (κ1) is 24.6. The van der Waals surface area contributed by atoms with Crippen LogP contribution < -0.4 is 10.2 Å². The molecule has 1 fully saturated rings. The number of hydrogen-bond donors (Lipinski definition) is 1. The standard InChI is InChI=1S/C34H25ClN2O3/c1-20-11-17-27-23(19-20)14-18-28-34(25-9-5-6-10-26(25)36-33(34)40)29(31(38)22-12-15-24(35)16-13-22)30(37(27)28)32(39)21-7-3-2-4-8-21/h2-19,28-30H,1H3,(H,36,40)/t28-,29+,30+,34-/m1/s1. The molecule has 1 N–H and O–H groups in total. The molecule has 1 amide bonds. The third kappa shape index (κ3) is 3.37. The summed E-state index contributed by atoms with van der Waals surface area (Å²) in [6, 6.07) is 27.8. The highest BCUT2D eigenvalue weighted by Crippen LogP contribution is 2.58. The Morgan fingerprint density at radius 3 is 2.33 bits per heavy atom. The summed E-state index contributed by atoms with van der Waals surface area (Å²) in [5.41, 5.74) is 3.82. The Kier molecular flexibility index (Phi) is 5.55. The maximum atomic E-state index is 14.7. The van der Waals surface area contributed by atoms with E-state index < -0.39 is 23.4 Å². The van der Waals surface area contributed by atoms with Gasteiger partial charge in [-0.05, 0) is 60.5 Å². The lowest BCUT2D eigenvalue weighted by Gasteiger charge is -2.37. The fourth-order valence-corrected chi connectivity index (χ4v) is 6.99. The lowest BCUT2D eigenvalue weighted by atomic mass is 9.64. The Balaban J connectivity index is 1.54. The molecular formula is C34H25ClN2O3. The molecule has 7 rings (SSSR count). The normalized spacial score (nSPS) is 23.9. The van der Waals surface area contributed by atoms with Gasteiger partial charge in [-0.25, -0.2) is 0 Å². The Bertz CT molecular complexity index is 1730. The zero-order chi connectivity index (χ0) is 27.6. The molecule has 0 saturated carbocycles. The van der Waals surface area contributed by atoms with Crippen LogP contribution >= 0.6 is 11.6 Å². The van der Waals surface area contributed by atoms with Gasteiger partial charge in [0.15, 0.2) is 11.6 Å². The molecule has 40 heavy (non-hydrogen) atoms. The second-order valence-electron chi connectivity index (χ2n) is 10.7. The number of ketones is 2.